The number of sulfonamides is 1. The number of hydrogen-bond acceptors (Lipinski definition) is 3. The van der Waals surface area contributed by atoms with Crippen molar-refractivity contribution in [1.82, 2.24) is 14.6 Å². The van der Waals surface area contributed by atoms with Gasteiger partial charge in [-0.1, -0.05) is 24.6 Å². The smallest absolute Gasteiger partial charge is 0.243 e. The number of hydrogen-bond donors (Lipinski definition) is 2. The van der Waals surface area contributed by atoms with Crippen molar-refractivity contribution in [3.8, 4) is 0 Å². The van der Waals surface area contributed by atoms with E-state index >= 15 is 0 Å². The van der Waals surface area contributed by atoms with Gasteiger partial charge in [-0.3, -0.25) is 4.79 Å². The average Bonchev–Trinajstić information content (AvgIpc) is 3.10. The lowest BCUT2D eigenvalue weighted by Gasteiger charge is -2.25. The van der Waals surface area contributed by atoms with Gasteiger partial charge >= 0.3 is 0 Å². The van der Waals surface area contributed by atoms with E-state index in [1.54, 1.807) is 16.4 Å². The molecule has 0 radical (unpaired) electrons. The van der Waals surface area contributed by atoms with E-state index < -0.39 is 10.0 Å². The molecule has 1 fully saturated rings. The lowest BCUT2D eigenvalue weighted by molar-refractivity contribution is -0.121. The second-order valence-electron chi connectivity index (χ2n) is 8.64. The van der Waals surface area contributed by atoms with Crippen LogP contribution in [0, 0.1) is 13.8 Å². The molecular formula is C25H31N3O3S. The summed E-state index contributed by atoms with van der Waals surface area (Å²) < 4.78 is 27.1. The van der Waals surface area contributed by atoms with Gasteiger partial charge in [-0.2, -0.15) is 4.31 Å². The van der Waals surface area contributed by atoms with Gasteiger partial charge in [0.15, 0.2) is 0 Å². The van der Waals surface area contributed by atoms with Gasteiger partial charge in [0.25, 0.3) is 0 Å². The first-order chi connectivity index (χ1) is 15.3. The zero-order chi connectivity index (χ0) is 22.7. The average molecular weight is 454 g/mol. The van der Waals surface area contributed by atoms with Gasteiger partial charge in [0, 0.05) is 42.7 Å². The summed E-state index contributed by atoms with van der Waals surface area (Å²) in [5, 5.41) is 4.18. The second kappa shape index (κ2) is 9.46. The highest BCUT2D eigenvalue weighted by atomic mass is 32.2. The van der Waals surface area contributed by atoms with Crippen molar-refractivity contribution in [2.24, 2.45) is 0 Å². The Hall–Kier alpha value is -2.64. The van der Waals surface area contributed by atoms with E-state index in [4.69, 9.17) is 0 Å². The van der Waals surface area contributed by atoms with E-state index in [1.165, 1.54) is 10.9 Å². The van der Waals surface area contributed by atoms with Crippen molar-refractivity contribution in [1.29, 1.82) is 0 Å². The minimum absolute atomic E-state index is 0.0166. The molecule has 2 N–H and O–H groups in total. The first kappa shape index (κ1) is 22.6. The van der Waals surface area contributed by atoms with Crippen LogP contribution in [0.3, 0.4) is 0 Å². The Morgan fingerprint density at radius 1 is 1.00 bits per heavy atom. The van der Waals surface area contributed by atoms with Crippen LogP contribution in [-0.4, -0.2) is 36.7 Å². The van der Waals surface area contributed by atoms with Crippen molar-refractivity contribution in [2.75, 3.05) is 13.1 Å². The molecule has 0 saturated carbocycles. The number of nitrogens with one attached hydrogen (secondary N) is 2. The van der Waals surface area contributed by atoms with E-state index in [0.717, 1.165) is 41.6 Å². The molecule has 0 bridgehead atoms. The van der Waals surface area contributed by atoms with Crippen LogP contribution >= 0.6 is 0 Å². The molecule has 1 amide bonds. The van der Waals surface area contributed by atoms with Crippen LogP contribution in [-0.2, 0) is 27.8 Å². The second-order valence-corrected chi connectivity index (χ2v) is 10.6. The van der Waals surface area contributed by atoms with Gasteiger partial charge < -0.3 is 10.3 Å². The maximum atomic E-state index is 12.7. The van der Waals surface area contributed by atoms with Crippen LogP contribution in [0.1, 0.15) is 48.1 Å². The molecule has 1 aliphatic rings. The van der Waals surface area contributed by atoms with E-state index in [9.17, 15) is 13.2 Å². The molecule has 1 saturated heterocycles. The van der Waals surface area contributed by atoms with E-state index in [-0.39, 0.29) is 5.91 Å². The highest BCUT2D eigenvalue weighted by molar-refractivity contribution is 7.89. The van der Waals surface area contributed by atoms with Gasteiger partial charge in [-0.25, -0.2) is 8.42 Å². The third-order valence-corrected chi connectivity index (χ3v) is 8.29. The number of carbonyl (C=O) groups is 1. The normalized spacial score (nSPS) is 15.2. The fourth-order valence-electron chi connectivity index (χ4n) is 4.25. The number of amides is 1. The molecular weight excluding hydrogens is 422 g/mol. The predicted octanol–water partition coefficient (Wildman–Crippen LogP) is 4.21. The minimum atomic E-state index is -3.41. The first-order valence-electron chi connectivity index (χ1n) is 11.3. The maximum Gasteiger partial charge on any atom is 0.243 e. The summed E-state index contributed by atoms with van der Waals surface area (Å²) >= 11 is 0. The standard InChI is InChI=1S/C25H31N3O3S/c1-18-19(2)27-24-12-8-21(16-23(18)24)17-26-25(29)13-9-20-6-10-22(11-7-20)32(30,31)28-14-4-3-5-15-28/h6-8,10-12,16,27H,3-5,9,13-15,17H2,1-2H3,(H,26,29). The monoisotopic (exact) mass is 453 g/mol. The Labute approximate surface area is 190 Å². The number of aromatic amines is 1. The van der Waals surface area contributed by atoms with E-state index in [0.29, 0.717) is 37.4 Å². The van der Waals surface area contributed by atoms with E-state index in [1.807, 2.05) is 18.2 Å². The fraction of sp³-hybridized carbons (Fsp3) is 0.400. The third-order valence-electron chi connectivity index (χ3n) is 6.38. The van der Waals surface area contributed by atoms with Crippen LogP contribution in [0.15, 0.2) is 47.4 Å². The predicted molar refractivity (Wildman–Crippen MR) is 127 cm³/mol. The Kier molecular flexibility index (Phi) is 6.67. The number of H-pyrrole nitrogens is 1. The Bertz CT molecular complexity index is 1210. The number of aryl methyl sites for hydroxylation is 3. The van der Waals surface area contributed by atoms with Gasteiger partial charge in [0.1, 0.15) is 0 Å². The summed E-state index contributed by atoms with van der Waals surface area (Å²) in [5.41, 5.74) is 5.54. The molecule has 3 aromatic rings. The fourth-order valence-corrected chi connectivity index (χ4v) is 5.76. The number of rotatable bonds is 7. The Balaban J connectivity index is 1.30. The van der Waals surface area contributed by atoms with Crippen molar-refractivity contribution in [3.05, 3.63) is 64.8 Å². The summed E-state index contributed by atoms with van der Waals surface area (Å²) in [6, 6.07) is 13.1. The van der Waals surface area contributed by atoms with Gasteiger partial charge in [0.2, 0.25) is 15.9 Å². The van der Waals surface area contributed by atoms with Gasteiger partial charge in [-0.05, 0) is 74.1 Å². The van der Waals surface area contributed by atoms with Crippen LogP contribution in [0.4, 0.5) is 0 Å². The molecule has 2 aromatic carbocycles. The zero-order valence-electron chi connectivity index (χ0n) is 18.8. The first-order valence-corrected chi connectivity index (χ1v) is 12.7. The topological polar surface area (TPSA) is 82.3 Å². The molecule has 0 spiro atoms. The molecule has 2 heterocycles. The quantitative estimate of drug-likeness (QED) is 0.562. The number of aromatic nitrogens is 1. The van der Waals surface area contributed by atoms with Crippen molar-refractivity contribution >= 4 is 26.8 Å². The zero-order valence-corrected chi connectivity index (χ0v) is 19.6. The molecule has 1 aromatic heterocycles. The number of benzene rings is 2. The van der Waals surface area contributed by atoms with Gasteiger partial charge in [-0.15, -0.1) is 0 Å². The van der Waals surface area contributed by atoms with E-state index in [2.05, 4.69) is 36.3 Å². The van der Waals surface area contributed by atoms with Crippen molar-refractivity contribution in [3.63, 3.8) is 0 Å². The van der Waals surface area contributed by atoms with Crippen LogP contribution in [0.5, 0.6) is 0 Å². The highest BCUT2D eigenvalue weighted by Gasteiger charge is 2.25. The molecule has 0 unspecified atom stereocenters. The molecule has 0 atom stereocenters. The molecule has 0 aliphatic carbocycles. The van der Waals surface area contributed by atoms with Crippen LogP contribution in [0.25, 0.3) is 10.9 Å². The third kappa shape index (κ3) is 4.89. The van der Waals surface area contributed by atoms with Crippen LogP contribution in [0.2, 0.25) is 0 Å². The maximum absolute atomic E-state index is 12.7. The number of carbonyl (C=O) groups excluding carboxylic acids is 1. The molecule has 1 aliphatic heterocycles. The summed E-state index contributed by atoms with van der Waals surface area (Å²) in [7, 11) is -3.41. The lowest BCUT2D eigenvalue weighted by atomic mass is 10.1. The molecule has 170 valence electrons. The highest BCUT2D eigenvalue weighted by Crippen LogP contribution is 2.23. The Morgan fingerprint density at radius 3 is 2.41 bits per heavy atom. The van der Waals surface area contributed by atoms with Crippen molar-refractivity contribution < 1.29 is 13.2 Å². The summed E-state index contributed by atoms with van der Waals surface area (Å²) in [5.74, 6) is -0.0166. The lowest BCUT2D eigenvalue weighted by Crippen LogP contribution is -2.35. The number of fused-ring (bicyclic) bond motifs is 1. The number of piperidine rings is 1. The largest absolute Gasteiger partial charge is 0.358 e. The van der Waals surface area contributed by atoms with Crippen LogP contribution < -0.4 is 5.32 Å². The minimum Gasteiger partial charge on any atom is -0.358 e. The number of nitrogens with zero attached hydrogens (tertiary/aromatic N) is 1. The molecule has 7 heteroatoms. The summed E-state index contributed by atoms with van der Waals surface area (Å²) in [4.78, 5) is 16.0. The summed E-state index contributed by atoms with van der Waals surface area (Å²) in [6.07, 6.45) is 3.87. The van der Waals surface area contributed by atoms with Crippen molar-refractivity contribution in [2.45, 2.75) is 57.4 Å². The Morgan fingerprint density at radius 2 is 1.69 bits per heavy atom. The molecule has 4 rings (SSSR count). The SMILES string of the molecule is Cc1[nH]c2ccc(CNC(=O)CCc3ccc(S(=O)(=O)N4CCCCC4)cc3)cc2c1C. The molecule has 32 heavy (non-hydrogen) atoms. The molecule has 6 nitrogen and oxygen atoms in total. The summed E-state index contributed by atoms with van der Waals surface area (Å²) in [6.45, 7) is 5.85. The van der Waals surface area contributed by atoms with Gasteiger partial charge in [0.05, 0.1) is 4.90 Å².